The summed E-state index contributed by atoms with van der Waals surface area (Å²) in [5.74, 6) is 1.21. The normalized spacial score (nSPS) is 16.9. The highest BCUT2D eigenvalue weighted by Gasteiger charge is 2.26. The molecule has 0 aliphatic carbocycles. The Bertz CT molecular complexity index is 632. The van der Waals surface area contributed by atoms with Crippen molar-refractivity contribution < 1.29 is 19.1 Å². The Hall–Kier alpha value is -2.24. The van der Waals surface area contributed by atoms with E-state index in [4.69, 9.17) is 9.47 Å². The number of benzene rings is 1. The lowest BCUT2D eigenvalue weighted by Crippen LogP contribution is -2.44. The summed E-state index contributed by atoms with van der Waals surface area (Å²) in [5.41, 5.74) is 0.623. The van der Waals surface area contributed by atoms with Crippen LogP contribution in [0.3, 0.4) is 0 Å². The Balaban J connectivity index is 2.14. The topological polar surface area (TPSA) is 59.1 Å². The molecule has 1 aromatic rings. The van der Waals surface area contributed by atoms with Gasteiger partial charge in [0.15, 0.2) is 0 Å². The van der Waals surface area contributed by atoms with Crippen molar-refractivity contribution in [3.05, 3.63) is 18.2 Å². The van der Waals surface area contributed by atoms with Gasteiger partial charge in [0.25, 0.3) is 0 Å². The van der Waals surface area contributed by atoms with Gasteiger partial charge in [-0.15, -0.1) is 0 Å². The number of likely N-dealkylation sites (tertiary alicyclic amines) is 1. The molecule has 0 N–H and O–H groups in total. The maximum Gasteiger partial charge on any atom is 0.224 e. The van der Waals surface area contributed by atoms with Gasteiger partial charge >= 0.3 is 0 Å². The number of nitrogens with zero attached hydrogens (tertiary/aromatic N) is 2. The molecule has 0 bridgehead atoms. The molecule has 2 rings (SSSR count). The molecule has 2 amide bonds. The monoisotopic (exact) mass is 362 g/mol. The van der Waals surface area contributed by atoms with E-state index in [1.54, 1.807) is 37.3 Å². The predicted octanol–water partition coefficient (Wildman–Crippen LogP) is 3.24. The van der Waals surface area contributed by atoms with Crippen LogP contribution in [0.2, 0.25) is 0 Å². The van der Waals surface area contributed by atoms with Crippen molar-refractivity contribution >= 4 is 17.5 Å². The van der Waals surface area contributed by atoms with Gasteiger partial charge in [0, 0.05) is 38.5 Å². The van der Waals surface area contributed by atoms with Gasteiger partial charge in [-0.05, 0) is 37.8 Å². The van der Waals surface area contributed by atoms with E-state index in [2.05, 4.69) is 6.92 Å². The number of hydrogen-bond acceptors (Lipinski definition) is 4. The third-order valence-electron chi connectivity index (χ3n) is 5.02. The maximum atomic E-state index is 12.7. The van der Waals surface area contributed by atoms with Crippen LogP contribution in [0.15, 0.2) is 18.2 Å². The Labute approximate surface area is 156 Å². The molecule has 1 aliphatic heterocycles. The van der Waals surface area contributed by atoms with Crippen LogP contribution >= 0.6 is 0 Å². The molecule has 0 spiro atoms. The zero-order valence-electron chi connectivity index (χ0n) is 16.3. The fraction of sp³-hybridized carbons (Fsp3) is 0.600. The predicted molar refractivity (Wildman–Crippen MR) is 102 cm³/mol. The summed E-state index contributed by atoms with van der Waals surface area (Å²) in [4.78, 5) is 28.5. The summed E-state index contributed by atoms with van der Waals surface area (Å²) in [7, 11) is 3.14. The first-order valence-corrected chi connectivity index (χ1v) is 9.31. The van der Waals surface area contributed by atoms with Crippen molar-refractivity contribution in [1.29, 1.82) is 0 Å². The van der Waals surface area contributed by atoms with Gasteiger partial charge < -0.3 is 19.3 Å². The van der Waals surface area contributed by atoms with Gasteiger partial charge in [-0.2, -0.15) is 0 Å². The minimum absolute atomic E-state index is 0.115. The van der Waals surface area contributed by atoms with Crippen molar-refractivity contribution in [2.75, 3.05) is 32.2 Å². The van der Waals surface area contributed by atoms with Crippen LogP contribution in [0.25, 0.3) is 0 Å². The average molecular weight is 362 g/mol. The lowest BCUT2D eigenvalue weighted by molar-refractivity contribution is -0.134. The van der Waals surface area contributed by atoms with Gasteiger partial charge in [0.05, 0.1) is 19.9 Å². The molecule has 6 heteroatoms. The largest absolute Gasteiger partial charge is 0.497 e. The Morgan fingerprint density at radius 3 is 2.62 bits per heavy atom. The van der Waals surface area contributed by atoms with E-state index in [9.17, 15) is 9.59 Å². The third kappa shape index (κ3) is 4.68. The first-order valence-electron chi connectivity index (χ1n) is 9.31. The number of hydrogen-bond donors (Lipinski definition) is 0. The fourth-order valence-corrected chi connectivity index (χ4v) is 3.56. The molecule has 0 radical (unpaired) electrons. The summed E-state index contributed by atoms with van der Waals surface area (Å²) in [6.45, 7) is 4.77. The van der Waals surface area contributed by atoms with Gasteiger partial charge in [0.1, 0.15) is 11.5 Å². The van der Waals surface area contributed by atoms with Gasteiger partial charge in [-0.25, -0.2) is 0 Å². The van der Waals surface area contributed by atoms with Crippen LogP contribution in [0.5, 0.6) is 11.5 Å². The molecule has 26 heavy (non-hydrogen) atoms. The zero-order valence-corrected chi connectivity index (χ0v) is 16.3. The van der Waals surface area contributed by atoms with Gasteiger partial charge in [-0.3, -0.25) is 9.59 Å². The summed E-state index contributed by atoms with van der Waals surface area (Å²) in [6, 6.07) is 5.64. The van der Waals surface area contributed by atoms with Gasteiger partial charge in [-0.1, -0.05) is 6.92 Å². The lowest BCUT2D eigenvalue weighted by Gasteiger charge is -2.36. The molecule has 1 unspecified atom stereocenters. The number of methoxy groups -OCH3 is 2. The Kier molecular flexibility index (Phi) is 7.30. The van der Waals surface area contributed by atoms with Crippen LogP contribution in [-0.2, 0) is 9.59 Å². The zero-order chi connectivity index (χ0) is 19.1. The molecule has 0 aromatic heterocycles. The quantitative estimate of drug-likeness (QED) is 0.747. The molecule has 1 aromatic carbocycles. The van der Waals surface area contributed by atoms with E-state index >= 15 is 0 Å². The second-order valence-corrected chi connectivity index (χ2v) is 6.60. The van der Waals surface area contributed by atoms with Crippen LogP contribution in [0, 0.1) is 0 Å². The number of amides is 2. The molecule has 144 valence electrons. The number of ether oxygens (including phenoxy) is 2. The first-order chi connectivity index (χ1) is 12.5. The number of carbonyl (C=O) groups excluding carboxylic acids is 2. The Morgan fingerprint density at radius 1 is 1.23 bits per heavy atom. The van der Waals surface area contributed by atoms with Crippen molar-refractivity contribution in [3.63, 3.8) is 0 Å². The van der Waals surface area contributed by atoms with Crippen molar-refractivity contribution in [2.45, 2.75) is 52.0 Å². The molecular weight excluding hydrogens is 332 g/mol. The molecule has 1 heterocycles. The highest BCUT2D eigenvalue weighted by Crippen LogP contribution is 2.32. The fourth-order valence-electron chi connectivity index (χ4n) is 3.56. The summed E-state index contributed by atoms with van der Waals surface area (Å²) >= 11 is 0. The van der Waals surface area contributed by atoms with E-state index in [0.29, 0.717) is 36.2 Å². The molecular formula is C20H30N2O4. The average Bonchev–Trinajstić information content (AvgIpc) is 2.67. The minimum Gasteiger partial charge on any atom is -0.497 e. The molecule has 1 fully saturated rings. The van der Waals surface area contributed by atoms with Crippen LogP contribution in [0.1, 0.15) is 46.0 Å². The molecule has 1 aliphatic rings. The van der Waals surface area contributed by atoms with E-state index in [0.717, 1.165) is 25.8 Å². The standard InChI is InChI=1S/C20H30N2O4/c1-5-16-8-6-7-12-22(16)20(24)11-13-21(15(2)23)18-14-17(25-3)9-10-19(18)26-4/h9-10,14,16H,5-8,11-13H2,1-4H3. The second kappa shape index (κ2) is 9.46. The molecule has 1 atom stereocenters. The van der Waals surface area contributed by atoms with Gasteiger partial charge in [0.2, 0.25) is 11.8 Å². The van der Waals surface area contributed by atoms with E-state index in [1.807, 2.05) is 4.90 Å². The summed E-state index contributed by atoms with van der Waals surface area (Å²) in [5, 5.41) is 0. The second-order valence-electron chi connectivity index (χ2n) is 6.60. The summed E-state index contributed by atoms with van der Waals surface area (Å²) in [6.07, 6.45) is 4.59. The minimum atomic E-state index is -0.130. The lowest BCUT2D eigenvalue weighted by atomic mass is 9.99. The highest BCUT2D eigenvalue weighted by molar-refractivity contribution is 5.94. The molecule has 1 saturated heterocycles. The molecule has 0 saturated carbocycles. The smallest absolute Gasteiger partial charge is 0.224 e. The van der Waals surface area contributed by atoms with Crippen LogP contribution in [-0.4, -0.2) is 50.1 Å². The van der Waals surface area contributed by atoms with Crippen molar-refractivity contribution in [3.8, 4) is 11.5 Å². The Morgan fingerprint density at radius 2 is 2.00 bits per heavy atom. The van der Waals surface area contributed by atoms with Crippen LogP contribution < -0.4 is 14.4 Å². The third-order valence-corrected chi connectivity index (χ3v) is 5.02. The van der Waals surface area contributed by atoms with Crippen molar-refractivity contribution in [2.24, 2.45) is 0 Å². The highest BCUT2D eigenvalue weighted by atomic mass is 16.5. The first kappa shape index (κ1) is 20.1. The molecule has 6 nitrogen and oxygen atoms in total. The maximum absolute atomic E-state index is 12.7. The van der Waals surface area contributed by atoms with Crippen molar-refractivity contribution in [1.82, 2.24) is 4.90 Å². The van der Waals surface area contributed by atoms with Crippen LogP contribution in [0.4, 0.5) is 5.69 Å². The number of rotatable bonds is 7. The SMILES string of the molecule is CCC1CCCCN1C(=O)CCN(C(C)=O)c1cc(OC)ccc1OC. The number of anilines is 1. The summed E-state index contributed by atoms with van der Waals surface area (Å²) < 4.78 is 10.7. The van der Waals surface area contributed by atoms with E-state index < -0.39 is 0 Å². The number of piperidine rings is 1. The number of carbonyl (C=O) groups is 2. The van der Waals surface area contributed by atoms with E-state index in [1.165, 1.54) is 13.3 Å². The van der Waals surface area contributed by atoms with E-state index in [-0.39, 0.29) is 11.8 Å².